The zero-order chi connectivity index (χ0) is 19.5. The summed E-state index contributed by atoms with van der Waals surface area (Å²) in [7, 11) is 4.02. The van der Waals surface area contributed by atoms with E-state index < -0.39 is 0 Å². The number of aliphatic hydroxyl groups excluding tert-OH is 1. The normalized spacial score (nSPS) is 11.3. The summed E-state index contributed by atoms with van der Waals surface area (Å²) in [6.07, 6.45) is 17.9. The fourth-order valence-corrected chi connectivity index (χ4v) is 3.25. The molecule has 0 aromatic carbocycles. The van der Waals surface area contributed by atoms with Gasteiger partial charge < -0.3 is 14.9 Å². The molecule has 4 nitrogen and oxygen atoms in total. The van der Waals surface area contributed by atoms with E-state index in [0.717, 1.165) is 19.4 Å². The number of hydrogen-bond donors (Lipinski definition) is 1. The van der Waals surface area contributed by atoms with Gasteiger partial charge in [0.15, 0.2) is 0 Å². The third-order valence-electron chi connectivity index (χ3n) is 5.03. The predicted molar refractivity (Wildman–Crippen MR) is 113 cm³/mol. The Kier molecular flexibility index (Phi) is 18.7. The number of hydrogen-bond acceptors (Lipinski definition) is 3. The zero-order valence-electron chi connectivity index (χ0n) is 18.0. The summed E-state index contributed by atoms with van der Waals surface area (Å²) < 4.78 is 0. The molecule has 0 fully saturated rings. The molecule has 0 atom stereocenters. The van der Waals surface area contributed by atoms with Gasteiger partial charge >= 0.3 is 0 Å². The topological polar surface area (TPSA) is 43.8 Å². The number of nitrogens with zero attached hydrogens (tertiary/aromatic N) is 2. The van der Waals surface area contributed by atoms with Gasteiger partial charge in [-0.3, -0.25) is 4.79 Å². The maximum Gasteiger partial charge on any atom is 0.222 e. The third kappa shape index (κ3) is 16.8. The van der Waals surface area contributed by atoms with E-state index in [1.807, 2.05) is 14.1 Å². The molecule has 26 heavy (non-hydrogen) atoms. The molecule has 1 amide bonds. The average molecular weight is 371 g/mol. The summed E-state index contributed by atoms with van der Waals surface area (Å²) in [6.45, 7) is 4.35. The van der Waals surface area contributed by atoms with Gasteiger partial charge in [-0.05, 0) is 20.5 Å². The lowest BCUT2D eigenvalue weighted by Crippen LogP contribution is -2.38. The van der Waals surface area contributed by atoms with E-state index in [0.29, 0.717) is 19.5 Å². The molecule has 0 bridgehead atoms. The Labute approximate surface area is 163 Å². The standard InChI is InChI=1S/C22H46N2O2/c1-4-5-6-7-8-9-10-11-12-13-14-15-16-17-22(26)24(20-21-25)19-18-23(2)3/h25H,4-21H2,1-3H3. The van der Waals surface area contributed by atoms with Crippen molar-refractivity contribution in [1.29, 1.82) is 0 Å². The molecule has 0 aliphatic rings. The molecule has 0 saturated carbocycles. The zero-order valence-corrected chi connectivity index (χ0v) is 18.0. The quantitative estimate of drug-likeness (QED) is 0.331. The molecule has 1 N–H and O–H groups in total. The lowest BCUT2D eigenvalue weighted by atomic mass is 10.0. The summed E-state index contributed by atoms with van der Waals surface area (Å²) in [5.74, 6) is 0.198. The molecule has 0 rings (SSSR count). The van der Waals surface area contributed by atoms with Gasteiger partial charge in [0.1, 0.15) is 0 Å². The van der Waals surface area contributed by atoms with Crippen molar-refractivity contribution in [2.75, 3.05) is 40.3 Å². The maximum absolute atomic E-state index is 12.2. The van der Waals surface area contributed by atoms with Crippen LogP contribution >= 0.6 is 0 Å². The van der Waals surface area contributed by atoms with Crippen LogP contribution in [0.25, 0.3) is 0 Å². The minimum atomic E-state index is 0.0533. The van der Waals surface area contributed by atoms with E-state index in [1.54, 1.807) is 4.90 Å². The van der Waals surface area contributed by atoms with Gasteiger partial charge in [-0.2, -0.15) is 0 Å². The number of aliphatic hydroxyl groups is 1. The highest BCUT2D eigenvalue weighted by Gasteiger charge is 2.12. The molecule has 4 heteroatoms. The van der Waals surface area contributed by atoms with Gasteiger partial charge in [0.05, 0.1) is 6.61 Å². The van der Waals surface area contributed by atoms with Crippen molar-refractivity contribution in [2.24, 2.45) is 0 Å². The first-order chi connectivity index (χ1) is 12.6. The summed E-state index contributed by atoms with van der Waals surface area (Å²) in [6, 6.07) is 0. The molecule has 0 heterocycles. The van der Waals surface area contributed by atoms with Crippen molar-refractivity contribution >= 4 is 5.91 Å². The lowest BCUT2D eigenvalue weighted by Gasteiger charge is -2.23. The van der Waals surface area contributed by atoms with Crippen LogP contribution in [-0.2, 0) is 4.79 Å². The Morgan fingerprint density at radius 2 is 1.15 bits per heavy atom. The van der Waals surface area contributed by atoms with Gasteiger partial charge in [0.25, 0.3) is 0 Å². The van der Waals surface area contributed by atoms with Crippen molar-refractivity contribution in [3.05, 3.63) is 0 Å². The summed E-state index contributed by atoms with van der Waals surface area (Å²) in [5.41, 5.74) is 0. The second kappa shape index (κ2) is 19.2. The van der Waals surface area contributed by atoms with E-state index in [-0.39, 0.29) is 12.5 Å². The Bertz CT molecular complexity index is 309. The van der Waals surface area contributed by atoms with Crippen LogP contribution in [0.2, 0.25) is 0 Å². The Hall–Kier alpha value is -0.610. The molecule has 0 aromatic heterocycles. The molecule has 0 aliphatic carbocycles. The first kappa shape index (κ1) is 25.4. The van der Waals surface area contributed by atoms with Gasteiger partial charge in [-0.15, -0.1) is 0 Å². The Balaban J connectivity index is 3.48. The number of amides is 1. The number of carbonyl (C=O) groups is 1. The van der Waals surface area contributed by atoms with Crippen LogP contribution in [0.15, 0.2) is 0 Å². The maximum atomic E-state index is 12.2. The van der Waals surface area contributed by atoms with Crippen LogP contribution in [0.3, 0.4) is 0 Å². The Morgan fingerprint density at radius 3 is 1.58 bits per heavy atom. The number of likely N-dealkylation sites (N-methyl/N-ethyl adjacent to an activating group) is 1. The van der Waals surface area contributed by atoms with Gasteiger partial charge in [0, 0.05) is 26.1 Å². The minimum Gasteiger partial charge on any atom is -0.395 e. The fourth-order valence-electron chi connectivity index (χ4n) is 3.25. The fraction of sp³-hybridized carbons (Fsp3) is 0.955. The lowest BCUT2D eigenvalue weighted by molar-refractivity contribution is -0.132. The summed E-state index contributed by atoms with van der Waals surface area (Å²) in [5, 5.41) is 9.13. The molecule has 0 saturated heterocycles. The Morgan fingerprint density at radius 1 is 0.692 bits per heavy atom. The molecular weight excluding hydrogens is 324 g/mol. The summed E-state index contributed by atoms with van der Waals surface area (Å²) >= 11 is 0. The van der Waals surface area contributed by atoms with E-state index in [1.165, 1.54) is 70.6 Å². The van der Waals surface area contributed by atoms with Crippen molar-refractivity contribution in [3.8, 4) is 0 Å². The van der Waals surface area contributed by atoms with E-state index in [9.17, 15) is 4.79 Å². The number of carbonyl (C=O) groups excluding carboxylic acids is 1. The summed E-state index contributed by atoms with van der Waals surface area (Å²) in [4.78, 5) is 16.1. The van der Waals surface area contributed by atoms with Crippen LogP contribution in [0.4, 0.5) is 0 Å². The molecule has 0 aliphatic heterocycles. The van der Waals surface area contributed by atoms with Crippen LogP contribution < -0.4 is 0 Å². The number of unbranched alkanes of at least 4 members (excludes halogenated alkanes) is 12. The average Bonchev–Trinajstić information content (AvgIpc) is 2.62. The molecule has 0 radical (unpaired) electrons. The van der Waals surface area contributed by atoms with Crippen LogP contribution in [-0.4, -0.2) is 61.2 Å². The van der Waals surface area contributed by atoms with Crippen LogP contribution in [0, 0.1) is 0 Å². The van der Waals surface area contributed by atoms with Gasteiger partial charge in [-0.1, -0.05) is 84.0 Å². The monoisotopic (exact) mass is 370 g/mol. The first-order valence-electron chi connectivity index (χ1n) is 11.1. The van der Waals surface area contributed by atoms with Crippen molar-refractivity contribution in [1.82, 2.24) is 9.80 Å². The second-order valence-electron chi connectivity index (χ2n) is 7.90. The third-order valence-corrected chi connectivity index (χ3v) is 5.03. The number of rotatable bonds is 19. The highest BCUT2D eigenvalue weighted by molar-refractivity contribution is 5.76. The largest absolute Gasteiger partial charge is 0.395 e. The molecule has 0 aromatic rings. The highest BCUT2D eigenvalue weighted by Crippen LogP contribution is 2.13. The predicted octanol–water partition coefficient (Wildman–Crippen LogP) is 4.85. The first-order valence-corrected chi connectivity index (χ1v) is 11.1. The van der Waals surface area contributed by atoms with Crippen LogP contribution in [0.1, 0.15) is 96.8 Å². The van der Waals surface area contributed by atoms with E-state index in [2.05, 4.69) is 11.8 Å². The molecular formula is C22H46N2O2. The van der Waals surface area contributed by atoms with E-state index in [4.69, 9.17) is 5.11 Å². The van der Waals surface area contributed by atoms with Crippen molar-refractivity contribution in [3.63, 3.8) is 0 Å². The van der Waals surface area contributed by atoms with Gasteiger partial charge in [-0.25, -0.2) is 0 Å². The van der Waals surface area contributed by atoms with Crippen LogP contribution in [0.5, 0.6) is 0 Å². The van der Waals surface area contributed by atoms with E-state index >= 15 is 0 Å². The second-order valence-corrected chi connectivity index (χ2v) is 7.90. The smallest absolute Gasteiger partial charge is 0.222 e. The van der Waals surface area contributed by atoms with Gasteiger partial charge in [0.2, 0.25) is 5.91 Å². The SMILES string of the molecule is CCCCCCCCCCCCCCCC(=O)N(CCO)CCN(C)C. The minimum absolute atomic E-state index is 0.0533. The van der Waals surface area contributed by atoms with Crippen molar-refractivity contribution in [2.45, 2.75) is 96.8 Å². The molecule has 156 valence electrons. The molecule has 0 unspecified atom stereocenters. The van der Waals surface area contributed by atoms with Crippen molar-refractivity contribution < 1.29 is 9.90 Å². The molecule has 0 spiro atoms. The highest BCUT2D eigenvalue weighted by atomic mass is 16.3.